The third kappa shape index (κ3) is 5.13. The first kappa shape index (κ1) is 22.7. The van der Waals surface area contributed by atoms with Gasteiger partial charge in [-0.1, -0.05) is 13.8 Å². The summed E-state index contributed by atoms with van der Waals surface area (Å²) in [5.74, 6) is -2.19. The quantitative estimate of drug-likeness (QED) is 0.583. The van der Waals surface area contributed by atoms with Gasteiger partial charge in [0.1, 0.15) is 17.6 Å². The molecule has 0 bridgehead atoms. The number of hydrogen-bond donors (Lipinski definition) is 2. The average Bonchev–Trinajstić information content (AvgIpc) is 3.02. The fraction of sp³-hybridized carbons (Fsp3) is 0.375. The second-order valence-electron chi connectivity index (χ2n) is 8.62. The molecule has 1 aliphatic rings. The summed E-state index contributed by atoms with van der Waals surface area (Å²) >= 11 is 0. The lowest BCUT2D eigenvalue weighted by molar-refractivity contribution is -0.122. The van der Waals surface area contributed by atoms with Crippen LogP contribution in [0.1, 0.15) is 43.5 Å². The van der Waals surface area contributed by atoms with Gasteiger partial charge in [0.2, 0.25) is 5.91 Å². The Morgan fingerprint density at radius 2 is 2.06 bits per heavy atom. The Morgan fingerprint density at radius 3 is 2.82 bits per heavy atom. The molecule has 3 aromatic rings. The second-order valence-corrected chi connectivity index (χ2v) is 8.62. The third-order valence-electron chi connectivity index (χ3n) is 5.48. The summed E-state index contributed by atoms with van der Waals surface area (Å²) in [4.78, 5) is 25.6. The molecule has 4 rings (SSSR count). The van der Waals surface area contributed by atoms with Gasteiger partial charge in [0.25, 0.3) is 5.91 Å². The minimum absolute atomic E-state index is 0.0867. The molecule has 1 saturated heterocycles. The predicted octanol–water partition coefficient (Wildman–Crippen LogP) is 4.16. The number of fused-ring (bicyclic) bond motifs is 1. The maximum Gasteiger partial charge on any atom is 0.255 e. The molecule has 0 spiro atoms. The van der Waals surface area contributed by atoms with Gasteiger partial charge in [-0.05, 0) is 49.4 Å². The maximum atomic E-state index is 14.3. The molecule has 0 radical (unpaired) electrons. The van der Waals surface area contributed by atoms with Gasteiger partial charge in [-0.25, -0.2) is 8.78 Å². The van der Waals surface area contributed by atoms with E-state index in [0.717, 1.165) is 25.0 Å². The van der Waals surface area contributed by atoms with Crippen LogP contribution >= 0.6 is 0 Å². The van der Waals surface area contributed by atoms with E-state index in [1.165, 1.54) is 0 Å². The maximum absolute atomic E-state index is 14.3. The van der Waals surface area contributed by atoms with Crippen LogP contribution in [0, 0.1) is 17.6 Å². The van der Waals surface area contributed by atoms with Crippen LogP contribution < -0.4 is 15.4 Å². The lowest BCUT2D eigenvalue weighted by Gasteiger charge is -2.18. The molecule has 33 heavy (non-hydrogen) atoms. The Morgan fingerprint density at radius 1 is 1.24 bits per heavy atom. The van der Waals surface area contributed by atoms with Crippen molar-refractivity contribution >= 4 is 22.7 Å². The molecular weight excluding hydrogens is 430 g/mol. The van der Waals surface area contributed by atoms with E-state index in [1.54, 1.807) is 23.0 Å². The number of nitrogens with zero attached hydrogens (tertiary/aromatic N) is 2. The van der Waals surface area contributed by atoms with Gasteiger partial charge in [-0.15, -0.1) is 0 Å². The normalized spacial score (nSPS) is 16.5. The van der Waals surface area contributed by atoms with E-state index in [-0.39, 0.29) is 23.0 Å². The zero-order chi connectivity index (χ0) is 23.5. The Balaban J connectivity index is 1.73. The SMILES string of the molecule is CC(C)Cn1ncc2cc(Oc3ccc(F)cc3F)c(C(=O)N[C@H]3CCCCNC3=O)cc21. The van der Waals surface area contributed by atoms with Crippen molar-refractivity contribution in [3.05, 3.63) is 53.7 Å². The van der Waals surface area contributed by atoms with Crippen molar-refractivity contribution in [3.8, 4) is 11.5 Å². The van der Waals surface area contributed by atoms with Crippen LogP contribution in [0.3, 0.4) is 0 Å². The number of carbonyl (C=O) groups is 2. The molecule has 7 nitrogen and oxygen atoms in total. The van der Waals surface area contributed by atoms with Crippen LogP contribution in [-0.2, 0) is 11.3 Å². The molecule has 1 atom stereocenters. The highest BCUT2D eigenvalue weighted by molar-refractivity contribution is 6.03. The highest BCUT2D eigenvalue weighted by Crippen LogP contribution is 2.32. The average molecular weight is 456 g/mol. The number of rotatable bonds is 6. The Hall–Kier alpha value is -3.49. The monoisotopic (exact) mass is 456 g/mol. The molecule has 1 aliphatic heterocycles. The predicted molar refractivity (Wildman–Crippen MR) is 119 cm³/mol. The number of aromatic nitrogens is 2. The minimum Gasteiger partial charge on any atom is -0.453 e. The van der Waals surface area contributed by atoms with E-state index in [4.69, 9.17) is 4.74 Å². The second kappa shape index (κ2) is 9.56. The van der Waals surface area contributed by atoms with E-state index < -0.39 is 23.6 Å². The molecular formula is C24H26F2N4O3. The van der Waals surface area contributed by atoms with Gasteiger partial charge in [-0.2, -0.15) is 5.10 Å². The number of ether oxygens (including phenoxy) is 1. The first-order valence-electron chi connectivity index (χ1n) is 11.0. The van der Waals surface area contributed by atoms with Crippen molar-refractivity contribution in [3.63, 3.8) is 0 Å². The number of amides is 2. The van der Waals surface area contributed by atoms with Gasteiger partial charge in [0.05, 0.1) is 17.3 Å². The smallest absolute Gasteiger partial charge is 0.255 e. The van der Waals surface area contributed by atoms with E-state index in [1.807, 2.05) is 0 Å². The lowest BCUT2D eigenvalue weighted by Crippen LogP contribution is -2.45. The summed E-state index contributed by atoms with van der Waals surface area (Å²) in [5.41, 5.74) is 0.847. The first-order chi connectivity index (χ1) is 15.8. The molecule has 0 unspecified atom stereocenters. The standard InChI is InChI=1S/C24H26F2N4O3/c1-14(2)13-30-20-11-17(23(31)29-19-5-3-4-8-27-24(19)32)22(9-15(20)12-28-30)33-21-7-6-16(25)10-18(21)26/h6-7,9-12,14,19H,3-5,8,13H2,1-2H3,(H,27,32)(H,29,31)/t19-/m0/s1. The number of hydrogen-bond acceptors (Lipinski definition) is 4. The van der Waals surface area contributed by atoms with E-state index in [0.29, 0.717) is 42.4 Å². The highest BCUT2D eigenvalue weighted by atomic mass is 19.1. The summed E-state index contributed by atoms with van der Waals surface area (Å²) in [7, 11) is 0. The van der Waals surface area contributed by atoms with E-state index >= 15 is 0 Å². The minimum atomic E-state index is -0.889. The van der Waals surface area contributed by atoms with E-state index in [9.17, 15) is 18.4 Å². The van der Waals surface area contributed by atoms with Crippen molar-refractivity contribution in [1.29, 1.82) is 0 Å². The van der Waals surface area contributed by atoms with Gasteiger partial charge < -0.3 is 15.4 Å². The first-order valence-corrected chi connectivity index (χ1v) is 11.0. The van der Waals surface area contributed by atoms with Gasteiger partial charge in [-0.3, -0.25) is 14.3 Å². The summed E-state index contributed by atoms with van der Waals surface area (Å²) in [6, 6.07) is 5.51. The van der Waals surface area contributed by atoms with Crippen LogP contribution in [0.2, 0.25) is 0 Å². The Labute approximate surface area is 190 Å². The number of carbonyl (C=O) groups excluding carboxylic acids is 2. The summed E-state index contributed by atoms with van der Waals surface area (Å²) < 4.78 is 35.1. The molecule has 0 saturated carbocycles. The highest BCUT2D eigenvalue weighted by Gasteiger charge is 2.25. The molecule has 9 heteroatoms. The van der Waals surface area contributed by atoms with Crippen molar-refractivity contribution < 1.29 is 23.1 Å². The van der Waals surface area contributed by atoms with Crippen LogP contribution in [0.25, 0.3) is 10.9 Å². The summed E-state index contributed by atoms with van der Waals surface area (Å²) in [5, 5.41) is 10.7. The van der Waals surface area contributed by atoms with Crippen molar-refractivity contribution in [2.45, 2.75) is 45.7 Å². The zero-order valence-electron chi connectivity index (χ0n) is 18.5. The zero-order valence-corrected chi connectivity index (χ0v) is 18.5. The van der Waals surface area contributed by atoms with Crippen LogP contribution in [0.4, 0.5) is 8.78 Å². The van der Waals surface area contributed by atoms with Crippen LogP contribution in [0.15, 0.2) is 36.5 Å². The molecule has 174 valence electrons. The Kier molecular flexibility index (Phi) is 6.57. The number of nitrogens with one attached hydrogen (secondary N) is 2. The number of halogens is 2. The summed E-state index contributed by atoms with van der Waals surface area (Å²) in [6.07, 6.45) is 3.81. The topological polar surface area (TPSA) is 85.2 Å². The Bertz CT molecular complexity index is 1190. The molecule has 2 heterocycles. The molecule has 0 aliphatic carbocycles. The van der Waals surface area contributed by atoms with Crippen molar-refractivity contribution in [2.75, 3.05) is 6.54 Å². The van der Waals surface area contributed by atoms with Crippen LogP contribution in [0.5, 0.6) is 11.5 Å². The molecule has 1 fully saturated rings. The molecule has 1 aromatic heterocycles. The van der Waals surface area contributed by atoms with Gasteiger partial charge in [0, 0.05) is 24.5 Å². The fourth-order valence-electron chi connectivity index (χ4n) is 3.85. The molecule has 2 amide bonds. The third-order valence-corrected chi connectivity index (χ3v) is 5.48. The van der Waals surface area contributed by atoms with E-state index in [2.05, 4.69) is 29.6 Å². The number of benzene rings is 2. The van der Waals surface area contributed by atoms with Gasteiger partial charge >= 0.3 is 0 Å². The largest absolute Gasteiger partial charge is 0.453 e. The fourth-order valence-corrected chi connectivity index (χ4v) is 3.85. The van der Waals surface area contributed by atoms with Crippen molar-refractivity contribution in [1.82, 2.24) is 20.4 Å². The van der Waals surface area contributed by atoms with Crippen LogP contribution in [-0.4, -0.2) is 34.2 Å². The molecule has 2 aromatic carbocycles. The lowest BCUT2D eigenvalue weighted by atomic mass is 10.1. The van der Waals surface area contributed by atoms with Crippen molar-refractivity contribution in [2.24, 2.45) is 5.92 Å². The van der Waals surface area contributed by atoms with Gasteiger partial charge in [0.15, 0.2) is 11.6 Å². The molecule has 2 N–H and O–H groups in total. The summed E-state index contributed by atoms with van der Waals surface area (Å²) in [6.45, 7) is 5.33.